The van der Waals surface area contributed by atoms with Crippen molar-refractivity contribution in [3.05, 3.63) is 28.8 Å². The number of nitrogens with zero attached hydrogens (tertiary/aromatic N) is 2. The first-order valence-electron chi connectivity index (χ1n) is 7.07. The lowest BCUT2D eigenvalue weighted by atomic mass is 10.2. The number of hydrogen-bond acceptors (Lipinski definition) is 4. The summed E-state index contributed by atoms with van der Waals surface area (Å²) in [6, 6.07) is 3.89. The van der Waals surface area contributed by atoms with E-state index in [9.17, 15) is 14.4 Å². The smallest absolute Gasteiger partial charge is 0.267 e. The molecular weight excluding hydrogens is 320 g/mol. The normalized spacial score (nSPS) is 16.9. The summed E-state index contributed by atoms with van der Waals surface area (Å²) >= 11 is 5.86. The van der Waals surface area contributed by atoms with Gasteiger partial charge < -0.3 is 16.0 Å². The van der Waals surface area contributed by atoms with Crippen molar-refractivity contribution in [1.82, 2.24) is 10.2 Å². The van der Waals surface area contributed by atoms with E-state index in [4.69, 9.17) is 17.3 Å². The Morgan fingerprint density at radius 1 is 1.43 bits per heavy atom. The third-order valence-corrected chi connectivity index (χ3v) is 4.00. The van der Waals surface area contributed by atoms with E-state index in [1.54, 1.807) is 0 Å². The van der Waals surface area contributed by atoms with Crippen LogP contribution in [0, 0.1) is 0 Å². The minimum Gasteiger partial charge on any atom is -0.398 e. The fourth-order valence-corrected chi connectivity index (χ4v) is 2.64. The number of benzene rings is 1. The number of carbonyl (C=O) groups is 3. The molecule has 122 valence electrons. The second-order valence-corrected chi connectivity index (χ2v) is 5.57. The van der Waals surface area contributed by atoms with Crippen molar-refractivity contribution >= 4 is 41.7 Å². The summed E-state index contributed by atoms with van der Waals surface area (Å²) < 4.78 is 0. The standard InChI is InChI=1S/C15H17ClN4O3/c1-18-15(23)12-3-2-6-20(12)13(21)8-19-14(22)9-4-5-11(17)10(16)7-9/h4-5,7,12H,1-3,6,8,17H2,(H,19,22)/t12-/m0/s1. The summed E-state index contributed by atoms with van der Waals surface area (Å²) in [5.41, 5.74) is 6.25. The number of aliphatic imine (C=N–C) groups is 1. The van der Waals surface area contributed by atoms with Crippen LogP contribution in [0.3, 0.4) is 0 Å². The minimum absolute atomic E-state index is 0.207. The van der Waals surface area contributed by atoms with Gasteiger partial charge in [0.1, 0.15) is 6.04 Å². The van der Waals surface area contributed by atoms with Crippen LogP contribution in [0.25, 0.3) is 0 Å². The fourth-order valence-electron chi connectivity index (χ4n) is 2.46. The molecule has 2 rings (SSSR count). The number of anilines is 1. The second kappa shape index (κ2) is 7.23. The molecule has 1 heterocycles. The van der Waals surface area contributed by atoms with E-state index in [-0.39, 0.29) is 17.5 Å². The van der Waals surface area contributed by atoms with Gasteiger partial charge in [-0.3, -0.25) is 14.4 Å². The van der Waals surface area contributed by atoms with Crippen LogP contribution in [0.2, 0.25) is 5.02 Å². The van der Waals surface area contributed by atoms with E-state index in [1.807, 2.05) is 0 Å². The SMILES string of the molecule is C=NC(=O)[C@@H]1CCCN1C(=O)CNC(=O)c1ccc(N)c(Cl)c1. The maximum Gasteiger partial charge on any atom is 0.267 e. The molecule has 0 unspecified atom stereocenters. The van der Waals surface area contributed by atoms with Crippen LogP contribution in [-0.4, -0.2) is 48.5 Å². The zero-order chi connectivity index (χ0) is 17.0. The molecule has 1 saturated heterocycles. The predicted molar refractivity (Wildman–Crippen MR) is 87.5 cm³/mol. The number of nitrogens with two attached hydrogens (primary N) is 1. The molecule has 23 heavy (non-hydrogen) atoms. The topological polar surface area (TPSA) is 105 Å². The molecule has 1 aromatic rings. The first-order chi connectivity index (χ1) is 10.9. The highest BCUT2D eigenvalue weighted by molar-refractivity contribution is 6.33. The van der Waals surface area contributed by atoms with Crippen molar-refractivity contribution in [3.8, 4) is 0 Å². The molecule has 7 nitrogen and oxygen atoms in total. The number of nitrogen functional groups attached to an aromatic ring is 1. The highest BCUT2D eigenvalue weighted by Gasteiger charge is 2.33. The molecule has 1 aliphatic rings. The number of amides is 3. The number of hydrogen-bond donors (Lipinski definition) is 2. The van der Waals surface area contributed by atoms with Crippen molar-refractivity contribution in [1.29, 1.82) is 0 Å². The Balaban J connectivity index is 1.95. The Hall–Kier alpha value is -2.41. The average Bonchev–Trinajstić information content (AvgIpc) is 3.03. The molecule has 1 aliphatic heterocycles. The molecule has 1 aromatic carbocycles. The van der Waals surface area contributed by atoms with Gasteiger partial charge in [0.2, 0.25) is 5.91 Å². The van der Waals surface area contributed by atoms with Gasteiger partial charge in [-0.2, -0.15) is 0 Å². The van der Waals surface area contributed by atoms with Crippen LogP contribution in [0.5, 0.6) is 0 Å². The number of nitrogens with one attached hydrogen (secondary N) is 1. The zero-order valence-corrected chi connectivity index (χ0v) is 13.2. The van der Waals surface area contributed by atoms with Gasteiger partial charge in [-0.15, -0.1) is 0 Å². The van der Waals surface area contributed by atoms with Crippen LogP contribution in [-0.2, 0) is 9.59 Å². The number of rotatable bonds is 4. The molecule has 3 N–H and O–H groups in total. The third kappa shape index (κ3) is 3.87. The van der Waals surface area contributed by atoms with Gasteiger partial charge in [-0.05, 0) is 37.8 Å². The Kier molecular flexibility index (Phi) is 5.33. The zero-order valence-electron chi connectivity index (χ0n) is 12.4. The lowest BCUT2D eigenvalue weighted by molar-refractivity contribution is -0.136. The first kappa shape index (κ1) is 17.0. The molecule has 0 aliphatic carbocycles. The van der Waals surface area contributed by atoms with Crippen LogP contribution in [0.4, 0.5) is 5.69 Å². The van der Waals surface area contributed by atoms with Gasteiger partial charge >= 0.3 is 0 Å². The van der Waals surface area contributed by atoms with Crippen LogP contribution in [0.15, 0.2) is 23.2 Å². The summed E-state index contributed by atoms with van der Waals surface area (Å²) in [4.78, 5) is 40.6. The quantitative estimate of drug-likeness (QED) is 0.628. The van der Waals surface area contributed by atoms with Gasteiger partial charge in [-0.1, -0.05) is 11.6 Å². The monoisotopic (exact) mass is 336 g/mol. The first-order valence-corrected chi connectivity index (χ1v) is 7.45. The molecule has 1 atom stereocenters. The van der Waals surface area contributed by atoms with Crippen LogP contribution >= 0.6 is 11.6 Å². The van der Waals surface area contributed by atoms with E-state index < -0.39 is 17.9 Å². The Morgan fingerprint density at radius 2 is 2.17 bits per heavy atom. The molecular formula is C15H17ClN4O3. The summed E-state index contributed by atoms with van der Waals surface area (Å²) in [5, 5.41) is 2.78. The third-order valence-electron chi connectivity index (χ3n) is 3.68. The summed E-state index contributed by atoms with van der Waals surface area (Å²) in [6.07, 6.45) is 1.28. The van der Waals surface area contributed by atoms with Gasteiger partial charge in [0.05, 0.1) is 17.3 Å². The van der Waals surface area contributed by atoms with E-state index in [0.29, 0.717) is 24.2 Å². The highest BCUT2D eigenvalue weighted by atomic mass is 35.5. The lowest BCUT2D eigenvalue weighted by Gasteiger charge is -2.22. The molecule has 0 aromatic heterocycles. The molecule has 1 fully saturated rings. The highest BCUT2D eigenvalue weighted by Crippen LogP contribution is 2.20. The van der Waals surface area contributed by atoms with Crippen molar-refractivity contribution in [2.75, 3.05) is 18.8 Å². The van der Waals surface area contributed by atoms with Crippen molar-refractivity contribution in [2.24, 2.45) is 4.99 Å². The largest absolute Gasteiger partial charge is 0.398 e. The molecule has 0 bridgehead atoms. The Bertz CT molecular complexity index is 662. The molecule has 8 heteroatoms. The van der Waals surface area contributed by atoms with Gasteiger partial charge in [-0.25, -0.2) is 4.99 Å². The number of carbonyl (C=O) groups excluding carboxylic acids is 3. The summed E-state index contributed by atoms with van der Waals surface area (Å²) in [5.74, 6) is -1.20. The maximum atomic E-state index is 12.2. The molecule has 0 spiro atoms. The van der Waals surface area contributed by atoms with E-state index in [2.05, 4.69) is 17.0 Å². The molecule has 3 amide bonds. The maximum absolute atomic E-state index is 12.2. The van der Waals surface area contributed by atoms with Crippen molar-refractivity contribution in [3.63, 3.8) is 0 Å². The summed E-state index contributed by atoms with van der Waals surface area (Å²) in [7, 11) is 0. The van der Waals surface area contributed by atoms with Crippen LogP contribution in [0.1, 0.15) is 23.2 Å². The summed E-state index contributed by atoms with van der Waals surface area (Å²) in [6.45, 7) is 3.46. The molecule has 0 saturated carbocycles. The Labute approximate surface area is 138 Å². The van der Waals surface area contributed by atoms with E-state index >= 15 is 0 Å². The van der Waals surface area contributed by atoms with Gasteiger partial charge in [0.25, 0.3) is 11.8 Å². The van der Waals surface area contributed by atoms with E-state index in [0.717, 1.165) is 6.42 Å². The average molecular weight is 337 g/mol. The number of halogens is 1. The lowest BCUT2D eigenvalue weighted by Crippen LogP contribution is -2.45. The predicted octanol–water partition coefficient (Wildman–Crippen LogP) is 0.870. The van der Waals surface area contributed by atoms with Crippen molar-refractivity contribution in [2.45, 2.75) is 18.9 Å². The van der Waals surface area contributed by atoms with Gasteiger partial charge in [0, 0.05) is 12.1 Å². The number of likely N-dealkylation sites (tertiary alicyclic amines) is 1. The van der Waals surface area contributed by atoms with Crippen molar-refractivity contribution < 1.29 is 14.4 Å². The second-order valence-electron chi connectivity index (χ2n) is 5.16. The fraction of sp³-hybridized carbons (Fsp3) is 0.333. The van der Waals surface area contributed by atoms with Gasteiger partial charge in [0.15, 0.2) is 0 Å². The minimum atomic E-state index is -0.581. The Morgan fingerprint density at radius 3 is 2.83 bits per heavy atom. The molecule has 0 radical (unpaired) electrons. The van der Waals surface area contributed by atoms with Crippen LogP contribution < -0.4 is 11.1 Å². The van der Waals surface area contributed by atoms with E-state index in [1.165, 1.54) is 23.1 Å².